The molecule has 0 amide bonds. The van der Waals surface area contributed by atoms with Crippen molar-refractivity contribution >= 4 is 31.2 Å². The largest absolute Gasteiger partial charge is 1.00 e. The molecule has 116 valence electrons. The van der Waals surface area contributed by atoms with Crippen molar-refractivity contribution in [2.75, 3.05) is 6.54 Å². The van der Waals surface area contributed by atoms with Gasteiger partial charge in [-0.3, -0.25) is 0 Å². The first-order valence-electron chi connectivity index (χ1n) is 5.91. The lowest BCUT2D eigenvalue weighted by Crippen LogP contribution is -3.00. The Labute approximate surface area is 129 Å². The highest BCUT2D eigenvalue weighted by molar-refractivity contribution is 7.95. The number of hydrogen-bond acceptors (Lipinski definition) is 5. The number of fused-ring (bicyclic) bond motifs is 1. The quantitative estimate of drug-likeness (QED) is 0.585. The van der Waals surface area contributed by atoms with Gasteiger partial charge in [-0.1, -0.05) is 0 Å². The molecule has 6 nitrogen and oxygen atoms in total. The van der Waals surface area contributed by atoms with E-state index in [0.29, 0.717) is 12.0 Å². The van der Waals surface area contributed by atoms with E-state index < -0.39 is 25.1 Å². The van der Waals surface area contributed by atoms with Gasteiger partial charge in [0.1, 0.15) is 14.5 Å². The lowest BCUT2D eigenvalue weighted by molar-refractivity contribution is -0.694. The van der Waals surface area contributed by atoms with Gasteiger partial charge in [0, 0.05) is 12.0 Å². The molecule has 2 unspecified atom stereocenters. The average molecular weight is 361 g/mol. The predicted molar refractivity (Wildman–Crippen MR) is 72.2 cm³/mol. The molecule has 20 heavy (non-hydrogen) atoms. The Morgan fingerprint density at radius 3 is 2.60 bits per heavy atom. The number of sulfone groups is 1. The average Bonchev–Trinajstić information content (AvgIpc) is 2.72. The molecule has 0 saturated heterocycles. The van der Waals surface area contributed by atoms with Crippen LogP contribution in [0.4, 0.5) is 0 Å². The molecule has 4 N–H and O–H groups in total. The summed E-state index contributed by atoms with van der Waals surface area (Å²) in [5.74, 6) is 0. The van der Waals surface area contributed by atoms with Crippen LogP contribution in [0.1, 0.15) is 31.9 Å². The van der Waals surface area contributed by atoms with Crippen molar-refractivity contribution in [3.8, 4) is 0 Å². The van der Waals surface area contributed by atoms with Crippen molar-refractivity contribution in [3.63, 3.8) is 0 Å². The van der Waals surface area contributed by atoms with E-state index in [1.807, 2.05) is 12.2 Å². The Hall–Kier alpha value is -0.190. The van der Waals surface area contributed by atoms with Crippen LogP contribution in [-0.4, -0.2) is 28.6 Å². The smallest absolute Gasteiger partial charge is 0.247 e. The van der Waals surface area contributed by atoms with Crippen molar-refractivity contribution in [1.29, 1.82) is 0 Å². The number of sulfonamides is 1. The predicted octanol–water partition coefficient (Wildman–Crippen LogP) is -3.41. The molecule has 2 atom stereocenters. The van der Waals surface area contributed by atoms with Gasteiger partial charge >= 0.3 is 0 Å². The van der Waals surface area contributed by atoms with Gasteiger partial charge in [0.15, 0.2) is 9.84 Å². The minimum Gasteiger partial charge on any atom is -1.00 e. The molecule has 0 aromatic carbocycles. The molecule has 2 heterocycles. The lowest BCUT2D eigenvalue weighted by Gasteiger charge is -2.25. The molecular weight excluding hydrogens is 344 g/mol. The van der Waals surface area contributed by atoms with Crippen molar-refractivity contribution in [2.24, 2.45) is 5.14 Å². The first-order chi connectivity index (χ1) is 8.67. The third kappa shape index (κ3) is 3.02. The first kappa shape index (κ1) is 17.9. The van der Waals surface area contributed by atoms with E-state index in [1.165, 1.54) is 6.07 Å². The topological polar surface area (TPSA) is 111 Å². The van der Waals surface area contributed by atoms with Gasteiger partial charge in [0.05, 0.1) is 11.8 Å². The molecule has 0 radical (unpaired) electrons. The Bertz CT molecular complexity index is 696. The molecule has 0 aliphatic carbocycles. The Kier molecular flexibility index (Phi) is 5.27. The zero-order valence-electron chi connectivity index (χ0n) is 11.0. The Balaban J connectivity index is 0.00000200. The maximum atomic E-state index is 12.3. The van der Waals surface area contributed by atoms with Gasteiger partial charge in [-0.05, 0) is 19.9 Å². The van der Waals surface area contributed by atoms with E-state index in [1.54, 1.807) is 6.92 Å². The fraction of sp³-hybridized carbons (Fsp3) is 0.600. The van der Waals surface area contributed by atoms with E-state index in [0.717, 1.165) is 17.9 Å². The highest BCUT2D eigenvalue weighted by Gasteiger charge is 2.40. The van der Waals surface area contributed by atoms with Crippen LogP contribution in [0.15, 0.2) is 14.5 Å². The Morgan fingerprint density at radius 2 is 2.10 bits per heavy atom. The van der Waals surface area contributed by atoms with Crippen LogP contribution in [0.25, 0.3) is 0 Å². The third-order valence-electron chi connectivity index (χ3n) is 3.28. The third-order valence-corrected chi connectivity index (χ3v) is 8.59. The molecule has 2 rings (SSSR count). The number of hydrogen-bond donors (Lipinski definition) is 2. The molecule has 1 aromatic rings. The van der Waals surface area contributed by atoms with Gasteiger partial charge in [-0.25, -0.2) is 22.0 Å². The molecule has 0 bridgehead atoms. The van der Waals surface area contributed by atoms with Crippen LogP contribution in [-0.2, 0) is 19.9 Å². The molecule has 1 aliphatic rings. The summed E-state index contributed by atoms with van der Waals surface area (Å²) in [7, 11) is -7.30. The highest BCUT2D eigenvalue weighted by Crippen LogP contribution is 2.40. The van der Waals surface area contributed by atoms with Crippen LogP contribution in [0.5, 0.6) is 0 Å². The normalized spacial score (nSPS) is 24.8. The van der Waals surface area contributed by atoms with Crippen molar-refractivity contribution < 1.29 is 34.6 Å². The number of quaternary nitrogens is 1. The maximum absolute atomic E-state index is 12.3. The van der Waals surface area contributed by atoms with Gasteiger partial charge in [0.25, 0.3) is 0 Å². The summed E-state index contributed by atoms with van der Waals surface area (Å²) >= 11 is 0.762. The van der Waals surface area contributed by atoms with Crippen LogP contribution in [0.2, 0.25) is 0 Å². The summed E-state index contributed by atoms with van der Waals surface area (Å²) in [5.41, 5.74) is 0.578. The first-order valence-corrected chi connectivity index (χ1v) is 9.82. The zero-order valence-corrected chi connectivity index (χ0v) is 14.2. The molecule has 0 fully saturated rings. The second kappa shape index (κ2) is 5.90. The summed E-state index contributed by atoms with van der Waals surface area (Å²) in [6.45, 7) is 4.43. The molecule has 1 aromatic heterocycles. The molecule has 10 heteroatoms. The zero-order chi connectivity index (χ0) is 14.4. The van der Waals surface area contributed by atoms with Crippen molar-refractivity contribution in [3.05, 3.63) is 11.6 Å². The second-order valence-electron chi connectivity index (χ2n) is 4.70. The Morgan fingerprint density at radius 1 is 1.50 bits per heavy atom. The minimum absolute atomic E-state index is 0. The van der Waals surface area contributed by atoms with Crippen LogP contribution in [0.3, 0.4) is 0 Å². The number of halogens is 1. The number of nitrogens with two attached hydrogens (primary N) is 2. The van der Waals surface area contributed by atoms with Gasteiger partial charge < -0.3 is 17.7 Å². The summed E-state index contributed by atoms with van der Waals surface area (Å²) in [5, 5.41) is 6.61. The standard InChI is InChI=1S/C10H16N2O4S3.ClH/c1-3-12-8-4-6(2)18(13,14)10-7(8)5-9(17-10)19(11,15)16;/h5-6,8,12H,3-4H2,1-2H3,(H2,11,15,16);1H. The van der Waals surface area contributed by atoms with Crippen LogP contribution < -0.4 is 22.9 Å². The van der Waals surface area contributed by atoms with E-state index in [4.69, 9.17) is 5.14 Å². The summed E-state index contributed by atoms with van der Waals surface area (Å²) in [6, 6.07) is 1.39. The van der Waals surface area contributed by atoms with E-state index in [9.17, 15) is 16.8 Å². The fourth-order valence-corrected chi connectivity index (χ4v) is 6.74. The lowest BCUT2D eigenvalue weighted by atomic mass is 10.1. The molecule has 0 spiro atoms. The van der Waals surface area contributed by atoms with Crippen LogP contribution in [0, 0.1) is 0 Å². The summed E-state index contributed by atoms with van der Waals surface area (Å²) in [4.78, 5) is 0. The van der Waals surface area contributed by atoms with E-state index in [-0.39, 0.29) is 26.9 Å². The highest BCUT2D eigenvalue weighted by atomic mass is 35.5. The van der Waals surface area contributed by atoms with E-state index in [2.05, 4.69) is 0 Å². The van der Waals surface area contributed by atoms with Crippen molar-refractivity contribution in [2.45, 2.75) is 40.0 Å². The van der Waals surface area contributed by atoms with Gasteiger partial charge in [-0.15, -0.1) is 11.3 Å². The number of thiophene rings is 1. The number of primary sulfonamides is 1. The van der Waals surface area contributed by atoms with Gasteiger partial charge in [-0.2, -0.15) is 0 Å². The molecule has 1 aliphatic heterocycles. The summed E-state index contributed by atoms with van der Waals surface area (Å²) in [6.07, 6.45) is 0.490. The van der Waals surface area contributed by atoms with E-state index >= 15 is 0 Å². The molecule has 0 saturated carbocycles. The summed E-state index contributed by atoms with van der Waals surface area (Å²) < 4.78 is 47.4. The van der Waals surface area contributed by atoms with Crippen LogP contribution >= 0.6 is 11.3 Å². The SMILES string of the molecule is CC[NH2+]C1CC(C)S(=O)(=O)c2sc(S(N)(=O)=O)cc21.[Cl-]. The van der Waals surface area contributed by atoms with Crippen molar-refractivity contribution in [1.82, 2.24) is 0 Å². The fourth-order valence-electron chi connectivity index (χ4n) is 2.29. The second-order valence-corrected chi connectivity index (χ2v) is 10.1. The monoisotopic (exact) mass is 360 g/mol. The molecular formula is C10H17ClN2O4S3. The maximum Gasteiger partial charge on any atom is 0.247 e. The number of rotatable bonds is 3. The minimum atomic E-state index is -3.86. The van der Waals surface area contributed by atoms with Gasteiger partial charge in [0.2, 0.25) is 10.0 Å².